The summed E-state index contributed by atoms with van der Waals surface area (Å²) in [6.45, 7) is 0.937. The molecule has 1 aliphatic heterocycles. The monoisotopic (exact) mass is 403 g/mol. The van der Waals surface area contributed by atoms with E-state index in [-0.39, 0.29) is 23.5 Å². The SMILES string of the molecule is Cn1cc(C2CN(C(=O)c3ncn(-c4ncccc4F)n3)Cc3ccccc32)cn1. The Balaban J connectivity index is 1.46. The predicted octanol–water partition coefficient (Wildman–Crippen LogP) is 2.32. The summed E-state index contributed by atoms with van der Waals surface area (Å²) in [6.07, 6.45) is 6.55. The average Bonchev–Trinajstić information content (AvgIpc) is 3.42. The first-order valence-electron chi connectivity index (χ1n) is 9.48. The Labute approximate surface area is 171 Å². The second-order valence-corrected chi connectivity index (χ2v) is 7.21. The molecule has 1 amide bonds. The molecule has 0 bridgehead atoms. The number of halogens is 1. The summed E-state index contributed by atoms with van der Waals surface area (Å²) >= 11 is 0. The zero-order chi connectivity index (χ0) is 20.7. The third kappa shape index (κ3) is 3.14. The molecule has 3 aromatic heterocycles. The van der Waals surface area contributed by atoms with Crippen molar-refractivity contribution < 1.29 is 9.18 Å². The van der Waals surface area contributed by atoms with Crippen LogP contribution in [0.4, 0.5) is 4.39 Å². The Bertz CT molecular complexity index is 1230. The van der Waals surface area contributed by atoms with Gasteiger partial charge in [-0.2, -0.15) is 9.78 Å². The number of hydrogen-bond donors (Lipinski definition) is 0. The molecule has 1 atom stereocenters. The largest absolute Gasteiger partial charge is 0.331 e. The van der Waals surface area contributed by atoms with Gasteiger partial charge in [-0.15, -0.1) is 5.10 Å². The van der Waals surface area contributed by atoms with Crippen molar-refractivity contribution in [3.8, 4) is 5.82 Å². The fourth-order valence-corrected chi connectivity index (χ4v) is 3.82. The molecule has 150 valence electrons. The third-order valence-corrected chi connectivity index (χ3v) is 5.25. The van der Waals surface area contributed by atoms with Gasteiger partial charge in [-0.25, -0.2) is 14.4 Å². The normalized spacial score (nSPS) is 15.8. The molecule has 4 aromatic rings. The van der Waals surface area contributed by atoms with Crippen molar-refractivity contribution in [1.82, 2.24) is 34.4 Å². The minimum Gasteiger partial charge on any atom is -0.331 e. The summed E-state index contributed by atoms with van der Waals surface area (Å²) in [4.78, 5) is 23.0. The van der Waals surface area contributed by atoms with Crippen LogP contribution >= 0.6 is 0 Å². The first-order chi connectivity index (χ1) is 14.6. The number of amides is 1. The van der Waals surface area contributed by atoms with Crippen LogP contribution in [-0.4, -0.2) is 46.9 Å². The van der Waals surface area contributed by atoms with Gasteiger partial charge in [0.2, 0.25) is 5.82 Å². The summed E-state index contributed by atoms with van der Waals surface area (Å²) in [5.41, 5.74) is 3.29. The average molecular weight is 403 g/mol. The van der Waals surface area contributed by atoms with Crippen molar-refractivity contribution >= 4 is 5.91 Å². The summed E-state index contributed by atoms with van der Waals surface area (Å²) in [5.74, 6) is -0.841. The molecular weight excluding hydrogens is 385 g/mol. The smallest absolute Gasteiger partial charge is 0.293 e. The van der Waals surface area contributed by atoms with Gasteiger partial charge in [0.1, 0.15) is 6.33 Å². The van der Waals surface area contributed by atoms with Gasteiger partial charge >= 0.3 is 0 Å². The van der Waals surface area contributed by atoms with Crippen LogP contribution in [0.15, 0.2) is 61.3 Å². The first-order valence-corrected chi connectivity index (χ1v) is 9.48. The number of hydrogen-bond acceptors (Lipinski definition) is 5. The first kappa shape index (κ1) is 18.2. The lowest BCUT2D eigenvalue weighted by Crippen LogP contribution is -2.39. The van der Waals surface area contributed by atoms with Crippen molar-refractivity contribution in [2.75, 3.05) is 6.54 Å². The molecule has 1 aromatic carbocycles. The summed E-state index contributed by atoms with van der Waals surface area (Å²) in [6, 6.07) is 10.9. The van der Waals surface area contributed by atoms with Crippen LogP contribution in [0.25, 0.3) is 5.82 Å². The summed E-state index contributed by atoms with van der Waals surface area (Å²) in [7, 11) is 1.87. The molecule has 1 aliphatic rings. The zero-order valence-electron chi connectivity index (χ0n) is 16.2. The van der Waals surface area contributed by atoms with Crippen LogP contribution in [0.2, 0.25) is 0 Å². The predicted molar refractivity (Wildman–Crippen MR) is 105 cm³/mol. The number of carbonyl (C=O) groups is 1. The van der Waals surface area contributed by atoms with Crippen LogP contribution in [0.1, 0.15) is 33.2 Å². The van der Waals surface area contributed by atoms with E-state index in [0.717, 1.165) is 11.1 Å². The van der Waals surface area contributed by atoms with Crippen molar-refractivity contribution in [3.63, 3.8) is 0 Å². The van der Waals surface area contributed by atoms with E-state index in [1.165, 1.54) is 34.9 Å². The molecule has 1 unspecified atom stereocenters. The number of rotatable bonds is 3. The highest BCUT2D eigenvalue weighted by Gasteiger charge is 2.31. The lowest BCUT2D eigenvalue weighted by atomic mass is 9.86. The van der Waals surface area contributed by atoms with Gasteiger partial charge in [-0.05, 0) is 28.8 Å². The molecule has 0 saturated heterocycles. The highest BCUT2D eigenvalue weighted by atomic mass is 19.1. The fourth-order valence-electron chi connectivity index (χ4n) is 3.82. The number of carbonyl (C=O) groups excluding carboxylic acids is 1. The maximum atomic E-state index is 14.0. The number of fused-ring (bicyclic) bond motifs is 1. The number of aryl methyl sites for hydroxylation is 1. The molecular formula is C21H18FN7O. The Morgan fingerprint density at radius 3 is 2.83 bits per heavy atom. The van der Waals surface area contributed by atoms with E-state index < -0.39 is 5.82 Å². The number of pyridine rings is 1. The van der Waals surface area contributed by atoms with E-state index in [4.69, 9.17) is 0 Å². The molecule has 0 N–H and O–H groups in total. The second kappa shape index (κ2) is 7.18. The number of nitrogens with zero attached hydrogens (tertiary/aromatic N) is 7. The molecule has 4 heterocycles. The zero-order valence-corrected chi connectivity index (χ0v) is 16.2. The molecule has 0 radical (unpaired) electrons. The molecule has 8 nitrogen and oxygen atoms in total. The second-order valence-electron chi connectivity index (χ2n) is 7.21. The van der Waals surface area contributed by atoms with Crippen molar-refractivity contribution in [2.24, 2.45) is 7.05 Å². The van der Waals surface area contributed by atoms with Gasteiger partial charge in [-0.3, -0.25) is 9.48 Å². The fraction of sp³-hybridized carbons (Fsp3) is 0.190. The highest BCUT2D eigenvalue weighted by molar-refractivity contribution is 5.90. The Morgan fingerprint density at radius 2 is 2.03 bits per heavy atom. The molecule has 0 fully saturated rings. The van der Waals surface area contributed by atoms with E-state index in [1.54, 1.807) is 9.58 Å². The standard InChI is InChI=1S/C21H18FN7O/c1-27-10-15(9-25-27)17-12-28(11-14-5-2-3-6-16(14)17)21(30)19-24-13-29(26-19)20-18(22)7-4-8-23-20/h2-10,13,17H,11-12H2,1H3. The van der Waals surface area contributed by atoms with E-state index >= 15 is 0 Å². The number of benzene rings is 1. The summed E-state index contributed by atoms with van der Waals surface area (Å²) in [5, 5.41) is 8.45. The van der Waals surface area contributed by atoms with Crippen LogP contribution in [0.5, 0.6) is 0 Å². The quantitative estimate of drug-likeness (QED) is 0.524. The highest BCUT2D eigenvalue weighted by Crippen LogP contribution is 2.33. The van der Waals surface area contributed by atoms with Gasteiger partial charge in [-0.1, -0.05) is 24.3 Å². The lowest BCUT2D eigenvalue weighted by molar-refractivity contribution is 0.0712. The minimum absolute atomic E-state index is 0.00118. The lowest BCUT2D eigenvalue weighted by Gasteiger charge is -2.33. The Morgan fingerprint density at radius 1 is 1.17 bits per heavy atom. The van der Waals surface area contributed by atoms with Gasteiger partial charge in [0.15, 0.2) is 11.6 Å². The van der Waals surface area contributed by atoms with Crippen molar-refractivity contribution in [3.05, 3.63) is 89.6 Å². The number of aromatic nitrogens is 6. The van der Waals surface area contributed by atoms with E-state index in [1.807, 2.05) is 37.6 Å². The maximum absolute atomic E-state index is 14.0. The third-order valence-electron chi connectivity index (χ3n) is 5.25. The Hall–Kier alpha value is -3.88. The summed E-state index contributed by atoms with van der Waals surface area (Å²) < 4.78 is 16.9. The van der Waals surface area contributed by atoms with E-state index in [2.05, 4.69) is 26.2 Å². The topological polar surface area (TPSA) is 81.7 Å². The van der Waals surface area contributed by atoms with Gasteiger partial charge in [0.05, 0.1) is 6.20 Å². The Kier molecular flexibility index (Phi) is 4.35. The van der Waals surface area contributed by atoms with Crippen LogP contribution in [0, 0.1) is 5.82 Å². The van der Waals surface area contributed by atoms with Gasteiger partial charge < -0.3 is 4.90 Å². The van der Waals surface area contributed by atoms with Crippen LogP contribution in [0.3, 0.4) is 0 Å². The molecule has 0 saturated carbocycles. The van der Waals surface area contributed by atoms with Crippen LogP contribution < -0.4 is 0 Å². The molecule has 0 aliphatic carbocycles. The molecule has 30 heavy (non-hydrogen) atoms. The molecule has 5 rings (SSSR count). The van der Waals surface area contributed by atoms with Gasteiger partial charge in [0, 0.05) is 38.4 Å². The van der Waals surface area contributed by atoms with E-state index in [9.17, 15) is 9.18 Å². The van der Waals surface area contributed by atoms with Crippen molar-refractivity contribution in [2.45, 2.75) is 12.5 Å². The maximum Gasteiger partial charge on any atom is 0.293 e. The molecule has 9 heteroatoms. The van der Waals surface area contributed by atoms with Gasteiger partial charge in [0.25, 0.3) is 5.91 Å². The minimum atomic E-state index is -0.537. The molecule has 0 spiro atoms. The van der Waals surface area contributed by atoms with E-state index in [0.29, 0.717) is 13.1 Å². The van der Waals surface area contributed by atoms with Crippen LogP contribution in [-0.2, 0) is 13.6 Å². The van der Waals surface area contributed by atoms with Crippen molar-refractivity contribution in [1.29, 1.82) is 0 Å².